The van der Waals surface area contributed by atoms with Crippen LogP contribution in [-0.2, 0) is 38.8 Å². The summed E-state index contributed by atoms with van der Waals surface area (Å²) in [5, 5.41) is 4.23. The van der Waals surface area contributed by atoms with Crippen molar-refractivity contribution in [3.05, 3.63) is 148 Å². The molecular weight excluding hydrogens is 546 g/mol. The summed E-state index contributed by atoms with van der Waals surface area (Å²) in [5.74, 6) is 0. The third kappa shape index (κ3) is 8.46. The molecule has 0 unspecified atom stereocenters. The number of benzene rings is 4. The summed E-state index contributed by atoms with van der Waals surface area (Å²) >= 11 is 1.52. The molecule has 0 radical (unpaired) electrons. The molecule has 1 aliphatic heterocycles. The van der Waals surface area contributed by atoms with Crippen molar-refractivity contribution < 1.29 is 18.9 Å². The Kier molecular flexibility index (Phi) is 11.1. The zero-order valence-corrected chi connectivity index (χ0v) is 24.4. The molecule has 1 fully saturated rings. The van der Waals surface area contributed by atoms with Crippen LogP contribution < -0.4 is 0 Å². The quantitative estimate of drug-likeness (QED) is 0.0911. The van der Waals surface area contributed by atoms with E-state index in [1.807, 2.05) is 91.0 Å². The molecule has 42 heavy (non-hydrogen) atoms. The van der Waals surface area contributed by atoms with Gasteiger partial charge in [-0.25, -0.2) is 0 Å². The maximum atomic E-state index is 9.64. The molecule has 4 aromatic rings. The lowest BCUT2D eigenvalue weighted by Gasteiger charge is -2.44. The highest BCUT2D eigenvalue weighted by atomic mass is 32.2. The minimum Gasteiger partial charge on any atom is -0.374 e. The molecule has 8 heteroatoms. The summed E-state index contributed by atoms with van der Waals surface area (Å²) in [7, 11) is 0. The number of azide groups is 1. The Morgan fingerprint density at radius 1 is 0.714 bits per heavy atom. The molecule has 0 amide bonds. The van der Waals surface area contributed by atoms with Gasteiger partial charge in [0.15, 0.2) is 0 Å². The van der Waals surface area contributed by atoms with E-state index < -0.39 is 29.8 Å². The molecule has 1 saturated heterocycles. The van der Waals surface area contributed by atoms with Crippen LogP contribution in [0.3, 0.4) is 0 Å². The summed E-state index contributed by atoms with van der Waals surface area (Å²) in [6.45, 7) is 3.48. The second-order valence-electron chi connectivity index (χ2n) is 10.2. The molecular formula is C34H35N3O4S. The van der Waals surface area contributed by atoms with Gasteiger partial charge in [-0.3, -0.25) is 0 Å². The van der Waals surface area contributed by atoms with Crippen molar-refractivity contribution in [2.24, 2.45) is 5.11 Å². The van der Waals surface area contributed by atoms with Gasteiger partial charge in [0.05, 0.1) is 32.5 Å². The minimum atomic E-state index is -0.642. The SMILES string of the molecule is Cc1ccc(S[C@@H]2O[C@H](COCc3ccccc3)[C@@H](OCc3ccccc3)[C@H](OCc3ccccc3)[C@@H]2N=[N+]=[N-])cc1. The maximum Gasteiger partial charge on any atom is 0.119 e. The standard InChI is InChI=1S/C34H35N3O4S/c1-25-17-19-29(20-18-25)42-34-31(36-37-35)33(40-23-28-15-9-4-10-16-28)32(39-22-27-13-7-3-8-14-27)30(41-34)24-38-21-26-11-5-2-6-12-26/h2-20,30-34H,21-24H2,1H3/t30-,31+,32-,33-,34+/m1/s1. The van der Waals surface area contributed by atoms with Crippen LogP contribution in [-0.4, -0.2) is 36.4 Å². The van der Waals surface area contributed by atoms with Gasteiger partial charge in [0.25, 0.3) is 0 Å². The van der Waals surface area contributed by atoms with E-state index in [1.54, 1.807) is 0 Å². The van der Waals surface area contributed by atoms with Crippen LogP contribution in [0.15, 0.2) is 125 Å². The fourth-order valence-electron chi connectivity index (χ4n) is 4.85. The fraction of sp³-hybridized carbons (Fsp3) is 0.294. The van der Waals surface area contributed by atoms with Crippen LogP contribution in [0, 0.1) is 6.92 Å². The highest BCUT2D eigenvalue weighted by molar-refractivity contribution is 7.99. The first-order valence-electron chi connectivity index (χ1n) is 14.1. The normalized spacial score (nSPS) is 21.9. The zero-order valence-electron chi connectivity index (χ0n) is 23.6. The highest BCUT2D eigenvalue weighted by Gasteiger charge is 2.47. The summed E-state index contributed by atoms with van der Waals surface area (Å²) in [4.78, 5) is 4.23. The van der Waals surface area contributed by atoms with E-state index in [0.29, 0.717) is 19.8 Å². The lowest BCUT2D eigenvalue weighted by Crippen LogP contribution is -2.58. The van der Waals surface area contributed by atoms with Crippen molar-refractivity contribution in [2.45, 2.75) is 61.4 Å². The maximum absolute atomic E-state index is 9.64. The second kappa shape index (κ2) is 15.6. The number of ether oxygens (including phenoxy) is 4. The number of thioether (sulfide) groups is 1. The third-order valence-electron chi connectivity index (χ3n) is 7.04. The molecule has 1 heterocycles. The number of rotatable bonds is 13. The smallest absolute Gasteiger partial charge is 0.119 e. The molecule has 1 aliphatic rings. The molecule has 7 nitrogen and oxygen atoms in total. The van der Waals surface area contributed by atoms with Gasteiger partial charge in [-0.1, -0.05) is 126 Å². The van der Waals surface area contributed by atoms with Crippen molar-refractivity contribution in [1.82, 2.24) is 0 Å². The van der Waals surface area contributed by atoms with Crippen molar-refractivity contribution in [3.8, 4) is 0 Å². The molecule has 0 N–H and O–H groups in total. The van der Waals surface area contributed by atoms with Crippen LogP contribution in [0.1, 0.15) is 22.3 Å². The highest BCUT2D eigenvalue weighted by Crippen LogP contribution is 2.38. The van der Waals surface area contributed by atoms with Crippen molar-refractivity contribution in [1.29, 1.82) is 0 Å². The van der Waals surface area contributed by atoms with Crippen LogP contribution in [0.25, 0.3) is 10.4 Å². The zero-order chi connectivity index (χ0) is 29.0. The Morgan fingerprint density at radius 2 is 1.24 bits per heavy atom. The Morgan fingerprint density at radius 3 is 1.79 bits per heavy atom. The van der Waals surface area contributed by atoms with E-state index in [9.17, 15) is 5.53 Å². The first kappa shape index (κ1) is 29.9. The van der Waals surface area contributed by atoms with Gasteiger partial charge in [0.2, 0.25) is 0 Å². The monoisotopic (exact) mass is 581 g/mol. The molecule has 0 aromatic heterocycles. The molecule has 0 saturated carbocycles. The minimum absolute atomic E-state index is 0.285. The van der Waals surface area contributed by atoms with E-state index >= 15 is 0 Å². The predicted molar refractivity (Wildman–Crippen MR) is 165 cm³/mol. The lowest BCUT2D eigenvalue weighted by atomic mass is 9.97. The van der Waals surface area contributed by atoms with Gasteiger partial charge in [0.1, 0.15) is 23.7 Å². The lowest BCUT2D eigenvalue weighted by molar-refractivity contribution is -0.211. The van der Waals surface area contributed by atoms with Gasteiger partial charge in [0, 0.05) is 9.81 Å². The predicted octanol–water partition coefficient (Wildman–Crippen LogP) is 7.88. The molecule has 216 valence electrons. The van der Waals surface area contributed by atoms with E-state index in [0.717, 1.165) is 21.6 Å². The summed E-state index contributed by atoms with van der Waals surface area (Å²) in [6.07, 6.45) is -1.59. The molecule has 5 rings (SSSR count). The topological polar surface area (TPSA) is 85.7 Å². The molecule has 5 atom stereocenters. The first-order chi connectivity index (χ1) is 20.7. The van der Waals surface area contributed by atoms with Crippen molar-refractivity contribution >= 4 is 11.8 Å². The van der Waals surface area contributed by atoms with Gasteiger partial charge < -0.3 is 18.9 Å². The van der Waals surface area contributed by atoms with E-state index in [-0.39, 0.29) is 6.61 Å². The number of hydrogen-bond acceptors (Lipinski definition) is 6. The fourth-order valence-corrected chi connectivity index (χ4v) is 5.96. The summed E-state index contributed by atoms with van der Waals surface area (Å²) in [6, 6.07) is 37.6. The molecule has 0 bridgehead atoms. The van der Waals surface area contributed by atoms with Gasteiger partial charge in [-0.05, 0) is 41.3 Å². The van der Waals surface area contributed by atoms with Gasteiger partial charge in [-0.15, -0.1) is 0 Å². The summed E-state index contributed by atoms with van der Waals surface area (Å²) in [5.41, 5.74) is 13.4. The molecule has 0 spiro atoms. The Labute approximate surface area is 251 Å². The van der Waals surface area contributed by atoms with Crippen molar-refractivity contribution in [3.63, 3.8) is 0 Å². The average Bonchev–Trinajstić information content (AvgIpc) is 3.03. The third-order valence-corrected chi connectivity index (χ3v) is 8.20. The van der Waals surface area contributed by atoms with Gasteiger partial charge >= 0.3 is 0 Å². The number of nitrogens with zero attached hydrogens (tertiary/aromatic N) is 3. The van der Waals surface area contributed by atoms with Crippen LogP contribution >= 0.6 is 11.8 Å². The van der Waals surface area contributed by atoms with E-state index in [4.69, 9.17) is 18.9 Å². The number of hydrogen-bond donors (Lipinski definition) is 0. The van der Waals surface area contributed by atoms with E-state index in [1.165, 1.54) is 17.3 Å². The van der Waals surface area contributed by atoms with Crippen LogP contribution in [0.2, 0.25) is 0 Å². The Bertz CT molecular complexity index is 1400. The summed E-state index contributed by atoms with van der Waals surface area (Å²) < 4.78 is 26.0. The van der Waals surface area contributed by atoms with E-state index in [2.05, 4.69) is 41.2 Å². The average molecular weight is 582 g/mol. The van der Waals surface area contributed by atoms with Gasteiger partial charge in [-0.2, -0.15) is 0 Å². The van der Waals surface area contributed by atoms with Crippen LogP contribution in [0.4, 0.5) is 0 Å². The Balaban J connectivity index is 1.43. The van der Waals surface area contributed by atoms with Crippen molar-refractivity contribution in [2.75, 3.05) is 6.61 Å². The number of aryl methyl sites for hydroxylation is 1. The Hall–Kier alpha value is -3.62. The molecule has 0 aliphatic carbocycles. The largest absolute Gasteiger partial charge is 0.374 e. The molecule has 4 aromatic carbocycles. The van der Waals surface area contributed by atoms with Crippen LogP contribution in [0.5, 0.6) is 0 Å². The first-order valence-corrected chi connectivity index (χ1v) is 14.9. The second-order valence-corrected chi connectivity index (χ2v) is 11.4.